The second kappa shape index (κ2) is 4.52. The van der Waals surface area contributed by atoms with Crippen LogP contribution in [-0.4, -0.2) is 22.2 Å². The minimum atomic E-state index is -4.37. The summed E-state index contributed by atoms with van der Waals surface area (Å²) in [5.41, 5.74) is -0.734. The molecule has 0 unspecified atom stereocenters. The average Bonchev–Trinajstić information content (AvgIpc) is 2.64. The Morgan fingerprint density at radius 1 is 1.35 bits per heavy atom. The Balaban J connectivity index is 2.11. The van der Waals surface area contributed by atoms with Crippen molar-refractivity contribution in [3.05, 3.63) is 23.9 Å². The molecule has 0 amide bonds. The number of nitrogens with one attached hydrogen (secondary N) is 1. The van der Waals surface area contributed by atoms with Crippen LogP contribution in [0.1, 0.15) is 24.8 Å². The minimum absolute atomic E-state index is 0.158. The molecule has 0 spiro atoms. The molecule has 2 rings (SSSR count). The molecule has 0 saturated heterocycles. The van der Waals surface area contributed by atoms with Crippen LogP contribution in [0.15, 0.2) is 18.3 Å². The maximum Gasteiger partial charge on any atom is 0.416 e. The van der Waals surface area contributed by atoms with E-state index in [2.05, 4.69) is 10.3 Å². The van der Waals surface area contributed by atoms with Crippen molar-refractivity contribution in [3.8, 4) is 0 Å². The Hall–Kier alpha value is -1.30. The average molecular weight is 246 g/mol. The van der Waals surface area contributed by atoms with E-state index in [0.717, 1.165) is 31.2 Å². The first-order valence-electron chi connectivity index (χ1n) is 5.44. The van der Waals surface area contributed by atoms with Gasteiger partial charge >= 0.3 is 6.18 Å². The lowest BCUT2D eigenvalue weighted by molar-refractivity contribution is -0.137. The molecule has 0 aliphatic heterocycles. The highest BCUT2D eigenvalue weighted by molar-refractivity contribution is 5.40. The number of alkyl halides is 3. The molecule has 6 heteroatoms. The molecular formula is C11H13F3N2O. The van der Waals surface area contributed by atoms with E-state index in [0.29, 0.717) is 6.42 Å². The smallest absolute Gasteiger partial charge is 0.391 e. The molecule has 1 heterocycles. The third-order valence-electron chi connectivity index (χ3n) is 2.90. The van der Waals surface area contributed by atoms with Crippen LogP contribution in [0.2, 0.25) is 0 Å². The molecule has 0 radical (unpaired) electrons. The van der Waals surface area contributed by atoms with Gasteiger partial charge in [-0.25, -0.2) is 4.98 Å². The molecule has 0 bridgehead atoms. The molecule has 1 aliphatic carbocycles. The van der Waals surface area contributed by atoms with Gasteiger partial charge in [0, 0.05) is 6.20 Å². The molecule has 94 valence electrons. The summed E-state index contributed by atoms with van der Waals surface area (Å²) in [7, 11) is 0. The maximum atomic E-state index is 12.5. The first-order valence-corrected chi connectivity index (χ1v) is 5.44. The monoisotopic (exact) mass is 246 g/mol. The van der Waals surface area contributed by atoms with Crippen molar-refractivity contribution in [3.63, 3.8) is 0 Å². The highest BCUT2D eigenvalue weighted by Gasteiger charge is 2.31. The summed E-state index contributed by atoms with van der Waals surface area (Å²) in [5.74, 6) is 0.158. The molecule has 1 aliphatic rings. The van der Waals surface area contributed by atoms with E-state index >= 15 is 0 Å². The van der Waals surface area contributed by atoms with Gasteiger partial charge in [-0.1, -0.05) is 0 Å². The van der Waals surface area contributed by atoms with E-state index in [9.17, 15) is 18.3 Å². The van der Waals surface area contributed by atoms with Crippen molar-refractivity contribution in [2.75, 3.05) is 5.32 Å². The Morgan fingerprint density at radius 3 is 2.71 bits per heavy atom. The third-order valence-corrected chi connectivity index (χ3v) is 2.90. The molecule has 1 aromatic rings. The number of halogens is 3. The number of hydrogen-bond acceptors (Lipinski definition) is 3. The largest absolute Gasteiger partial charge is 0.416 e. The van der Waals surface area contributed by atoms with Crippen molar-refractivity contribution >= 4 is 5.82 Å². The fraction of sp³-hybridized carbons (Fsp3) is 0.545. The topological polar surface area (TPSA) is 45.1 Å². The lowest BCUT2D eigenvalue weighted by Crippen LogP contribution is -2.28. The van der Waals surface area contributed by atoms with Crippen LogP contribution in [0, 0.1) is 0 Å². The van der Waals surface area contributed by atoms with Gasteiger partial charge in [-0.2, -0.15) is 13.2 Å². The lowest BCUT2D eigenvalue weighted by atomic mass is 10.2. The van der Waals surface area contributed by atoms with E-state index in [1.165, 1.54) is 0 Å². The number of aliphatic hydroxyl groups excluding tert-OH is 1. The number of nitrogens with zero attached hydrogens (tertiary/aromatic N) is 1. The molecule has 3 nitrogen and oxygen atoms in total. The summed E-state index contributed by atoms with van der Waals surface area (Å²) >= 11 is 0. The number of anilines is 1. The van der Waals surface area contributed by atoms with Crippen LogP contribution in [0.25, 0.3) is 0 Å². The van der Waals surface area contributed by atoms with Gasteiger partial charge in [-0.15, -0.1) is 0 Å². The van der Waals surface area contributed by atoms with Crippen LogP contribution >= 0.6 is 0 Å². The van der Waals surface area contributed by atoms with Crippen LogP contribution in [0.5, 0.6) is 0 Å². The van der Waals surface area contributed by atoms with E-state index in [4.69, 9.17) is 0 Å². The molecule has 0 aromatic carbocycles. The minimum Gasteiger partial charge on any atom is -0.391 e. The zero-order valence-corrected chi connectivity index (χ0v) is 9.04. The van der Waals surface area contributed by atoms with E-state index in [1.807, 2.05) is 0 Å². The molecule has 1 fully saturated rings. The highest BCUT2D eigenvalue weighted by atomic mass is 19.4. The fourth-order valence-corrected chi connectivity index (χ4v) is 1.98. The second-order valence-electron chi connectivity index (χ2n) is 4.18. The molecule has 17 heavy (non-hydrogen) atoms. The number of aromatic nitrogens is 1. The quantitative estimate of drug-likeness (QED) is 0.842. The molecule has 1 aromatic heterocycles. The lowest BCUT2D eigenvalue weighted by Gasteiger charge is -2.17. The summed E-state index contributed by atoms with van der Waals surface area (Å²) in [6, 6.07) is 1.69. The first kappa shape index (κ1) is 12.2. The summed E-state index contributed by atoms with van der Waals surface area (Å²) in [5, 5.41) is 12.4. The standard InChI is InChI=1S/C11H13F3N2O/c12-11(13,14)7-4-5-15-10(6-7)16-8-2-1-3-9(8)17/h4-6,8-9,17H,1-3H2,(H,15,16)/t8-,9+/m0/s1. The zero-order chi connectivity index (χ0) is 12.5. The van der Waals surface area contributed by atoms with Gasteiger partial charge in [0.25, 0.3) is 0 Å². The first-order chi connectivity index (χ1) is 7.97. The normalized spacial score (nSPS) is 24.9. The Kier molecular flexibility index (Phi) is 3.24. The maximum absolute atomic E-state index is 12.5. The second-order valence-corrected chi connectivity index (χ2v) is 4.18. The van der Waals surface area contributed by atoms with Gasteiger partial charge in [-0.05, 0) is 31.4 Å². The Morgan fingerprint density at radius 2 is 2.12 bits per heavy atom. The van der Waals surface area contributed by atoms with Gasteiger partial charge in [0.1, 0.15) is 5.82 Å². The Bertz CT molecular complexity index is 395. The molecule has 2 N–H and O–H groups in total. The number of pyridine rings is 1. The van der Waals surface area contributed by atoms with Crippen LogP contribution in [-0.2, 0) is 6.18 Å². The summed E-state index contributed by atoms with van der Waals surface area (Å²) in [6.45, 7) is 0. The summed E-state index contributed by atoms with van der Waals surface area (Å²) in [4.78, 5) is 3.83. The fourth-order valence-electron chi connectivity index (χ4n) is 1.98. The van der Waals surface area contributed by atoms with Gasteiger partial charge in [0.15, 0.2) is 0 Å². The summed E-state index contributed by atoms with van der Waals surface area (Å²) < 4.78 is 37.4. The molecule has 1 saturated carbocycles. The molecule has 2 atom stereocenters. The van der Waals surface area contributed by atoms with Crippen molar-refractivity contribution in [2.45, 2.75) is 37.6 Å². The van der Waals surface area contributed by atoms with E-state index in [-0.39, 0.29) is 11.9 Å². The van der Waals surface area contributed by atoms with Crippen molar-refractivity contribution in [1.29, 1.82) is 0 Å². The number of aliphatic hydroxyl groups is 1. The van der Waals surface area contributed by atoms with E-state index in [1.54, 1.807) is 0 Å². The SMILES string of the molecule is O[C@@H]1CCC[C@@H]1Nc1cc(C(F)(F)F)ccn1. The van der Waals surface area contributed by atoms with E-state index < -0.39 is 17.8 Å². The van der Waals surface area contributed by atoms with Crippen molar-refractivity contribution in [1.82, 2.24) is 4.98 Å². The molecular weight excluding hydrogens is 233 g/mol. The van der Waals surface area contributed by atoms with Gasteiger partial charge in [-0.3, -0.25) is 0 Å². The van der Waals surface area contributed by atoms with Gasteiger partial charge in [0.05, 0.1) is 17.7 Å². The van der Waals surface area contributed by atoms with Crippen molar-refractivity contribution < 1.29 is 18.3 Å². The third kappa shape index (κ3) is 2.88. The predicted octanol–water partition coefficient (Wildman–Crippen LogP) is 2.43. The predicted molar refractivity (Wildman–Crippen MR) is 56.5 cm³/mol. The van der Waals surface area contributed by atoms with Crippen LogP contribution < -0.4 is 5.32 Å². The zero-order valence-electron chi connectivity index (χ0n) is 9.04. The summed E-state index contributed by atoms with van der Waals surface area (Å²) in [6.07, 6.45) is -1.46. The van der Waals surface area contributed by atoms with Crippen LogP contribution in [0.4, 0.5) is 19.0 Å². The Labute approximate surface area is 96.7 Å². The number of hydrogen-bond donors (Lipinski definition) is 2. The van der Waals surface area contributed by atoms with Crippen LogP contribution in [0.3, 0.4) is 0 Å². The number of rotatable bonds is 2. The van der Waals surface area contributed by atoms with Crippen molar-refractivity contribution in [2.24, 2.45) is 0 Å². The van der Waals surface area contributed by atoms with Gasteiger partial charge in [0.2, 0.25) is 0 Å². The highest BCUT2D eigenvalue weighted by Crippen LogP contribution is 2.30. The van der Waals surface area contributed by atoms with Gasteiger partial charge < -0.3 is 10.4 Å².